The Hall–Kier alpha value is -1.79. The molecule has 0 radical (unpaired) electrons. The Morgan fingerprint density at radius 3 is 2.52 bits per heavy atom. The molecule has 21 heavy (non-hydrogen) atoms. The van der Waals surface area contributed by atoms with Crippen molar-refractivity contribution in [2.75, 3.05) is 26.7 Å². The maximum atomic E-state index is 12.6. The molecular formula is C14H22N2O5. The highest BCUT2D eigenvalue weighted by atomic mass is 16.5. The molecule has 2 atom stereocenters. The van der Waals surface area contributed by atoms with Crippen molar-refractivity contribution in [3.05, 3.63) is 0 Å². The normalized spacial score (nSPS) is 26.3. The SMILES string of the molecule is COC(=O)C1CCCCN1C(=O)N1CCCC(C(=O)O)C1. The summed E-state index contributed by atoms with van der Waals surface area (Å²) < 4.78 is 4.77. The molecule has 0 aliphatic carbocycles. The molecule has 2 saturated heterocycles. The van der Waals surface area contributed by atoms with Gasteiger partial charge in [0.15, 0.2) is 0 Å². The van der Waals surface area contributed by atoms with E-state index in [9.17, 15) is 14.4 Å². The Morgan fingerprint density at radius 1 is 1.10 bits per heavy atom. The summed E-state index contributed by atoms with van der Waals surface area (Å²) in [6.07, 6.45) is 3.63. The molecule has 2 aliphatic rings. The standard InChI is InChI=1S/C14H22N2O5/c1-21-13(19)11-6-2-3-8-16(11)14(20)15-7-4-5-10(9-15)12(17)18/h10-11H,2-9H2,1H3,(H,17,18). The van der Waals surface area contributed by atoms with Gasteiger partial charge in [-0.3, -0.25) is 4.79 Å². The molecule has 2 unspecified atom stereocenters. The lowest BCUT2D eigenvalue weighted by atomic mass is 9.98. The predicted octanol–water partition coefficient (Wildman–Crippen LogP) is 0.930. The van der Waals surface area contributed by atoms with Crippen molar-refractivity contribution >= 4 is 18.0 Å². The van der Waals surface area contributed by atoms with Crippen molar-refractivity contribution in [1.82, 2.24) is 9.80 Å². The number of aliphatic carboxylic acids is 1. The number of carboxylic acid groups (broad SMARTS) is 1. The number of carbonyl (C=O) groups excluding carboxylic acids is 2. The van der Waals surface area contributed by atoms with Gasteiger partial charge in [0, 0.05) is 19.6 Å². The Kier molecular flexibility index (Phi) is 5.03. The second kappa shape index (κ2) is 6.78. The molecule has 0 bridgehead atoms. The van der Waals surface area contributed by atoms with Gasteiger partial charge < -0.3 is 19.6 Å². The Morgan fingerprint density at radius 2 is 1.86 bits per heavy atom. The number of nitrogens with zero attached hydrogens (tertiary/aromatic N) is 2. The topological polar surface area (TPSA) is 87.2 Å². The van der Waals surface area contributed by atoms with Crippen LogP contribution in [0, 0.1) is 5.92 Å². The third-order valence-electron chi connectivity index (χ3n) is 4.26. The molecule has 2 amide bonds. The number of carboxylic acids is 1. The van der Waals surface area contributed by atoms with Crippen LogP contribution in [0.3, 0.4) is 0 Å². The van der Waals surface area contributed by atoms with Crippen LogP contribution in [0.5, 0.6) is 0 Å². The molecule has 2 heterocycles. The van der Waals surface area contributed by atoms with E-state index in [-0.39, 0.29) is 12.6 Å². The molecule has 2 aliphatic heterocycles. The summed E-state index contributed by atoms with van der Waals surface area (Å²) in [5.41, 5.74) is 0. The van der Waals surface area contributed by atoms with E-state index in [0.717, 1.165) is 12.8 Å². The van der Waals surface area contributed by atoms with Crippen molar-refractivity contribution in [3.63, 3.8) is 0 Å². The Labute approximate surface area is 123 Å². The van der Waals surface area contributed by atoms with Crippen molar-refractivity contribution < 1.29 is 24.2 Å². The minimum atomic E-state index is -0.865. The van der Waals surface area contributed by atoms with E-state index in [0.29, 0.717) is 32.4 Å². The maximum absolute atomic E-state index is 12.6. The Balaban J connectivity index is 2.06. The van der Waals surface area contributed by atoms with E-state index in [2.05, 4.69) is 0 Å². The number of amides is 2. The first-order chi connectivity index (χ1) is 10.0. The zero-order chi connectivity index (χ0) is 15.4. The maximum Gasteiger partial charge on any atom is 0.328 e. The van der Waals surface area contributed by atoms with Crippen LogP contribution in [0.2, 0.25) is 0 Å². The number of hydrogen-bond donors (Lipinski definition) is 1. The summed E-state index contributed by atoms with van der Waals surface area (Å²) in [5, 5.41) is 9.10. The van der Waals surface area contributed by atoms with Gasteiger partial charge in [0.2, 0.25) is 0 Å². The highest BCUT2D eigenvalue weighted by Gasteiger charge is 2.37. The van der Waals surface area contributed by atoms with E-state index in [1.54, 1.807) is 9.80 Å². The number of urea groups is 1. The van der Waals surface area contributed by atoms with Crippen LogP contribution in [0.1, 0.15) is 32.1 Å². The van der Waals surface area contributed by atoms with Crippen molar-refractivity contribution in [3.8, 4) is 0 Å². The fourth-order valence-electron chi connectivity index (χ4n) is 3.08. The van der Waals surface area contributed by atoms with E-state index in [1.165, 1.54) is 7.11 Å². The van der Waals surface area contributed by atoms with Crippen molar-refractivity contribution in [2.24, 2.45) is 5.92 Å². The van der Waals surface area contributed by atoms with Gasteiger partial charge in [-0.05, 0) is 32.1 Å². The fraction of sp³-hybridized carbons (Fsp3) is 0.786. The predicted molar refractivity (Wildman–Crippen MR) is 73.7 cm³/mol. The second-order valence-electron chi connectivity index (χ2n) is 5.63. The summed E-state index contributed by atoms with van der Waals surface area (Å²) >= 11 is 0. The molecule has 2 fully saturated rings. The molecule has 7 heteroatoms. The lowest BCUT2D eigenvalue weighted by molar-refractivity contribution is -0.148. The number of piperidine rings is 2. The molecule has 0 aromatic carbocycles. The number of likely N-dealkylation sites (tertiary alicyclic amines) is 2. The molecule has 118 valence electrons. The van der Waals surface area contributed by atoms with Gasteiger partial charge in [-0.25, -0.2) is 9.59 Å². The van der Waals surface area contributed by atoms with Crippen LogP contribution >= 0.6 is 0 Å². The number of methoxy groups -OCH3 is 1. The minimum Gasteiger partial charge on any atom is -0.481 e. The number of ether oxygens (including phenoxy) is 1. The quantitative estimate of drug-likeness (QED) is 0.766. The molecular weight excluding hydrogens is 276 g/mol. The summed E-state index contributed by atoms with van der Waals surface area (Å²) in [4.78, 5) is 38.6. The van der Waals surface area contributed by atoms with Crippen LogP contribution in [0.25, 0.3) is 0 Å². The van der Waals surface area contributed by atoms with Gasteiger partial charge in [0.1, 0.15) is 6.04 Å². The average Bonchev–Trinajstić information content (AvgIpc) is 2.53. The first kappa shape index (κ1) is 15.6. The molecule has 2 rings (SSSR count). The zero-order valence-corrected chi connectivity index (χ0v) is 12.3. The smallest absolute Gasteiger partial charge is 0.328 e. The van der Waals surface area contributed by atoms with Gasteiger partial charge >= 0.3 is 18.0 Å². The largest absolute Gasteiger partial charge is 0.481 e. The van der Waals surface area contributed by atoms with Gasteiger partial charge in [-0.2, -0.15) is 0 Å². The van der Waals surface area contributed by atoms with Crippen LogP contribution in [-0.4, -0.2) is 65.7 Å². The third kappa shape index (κ3) is 3.46. The zero-order valence-electron chi connectivity index (χ0n) is 12.3. The summed E-state index contributed by atoms with van der Waals surface area (Å²) in [6.45, 7) is 1.29. The lowest BCUT2D eigenvalue weighted by Gasteiger charge is -2.39. The number of esters is 1. The van der Waals surface area contributed by atoms with E-state index in [4.69, 9.17) is 9.84 Å². The first-order valence-corrected chi connectivity index (χ1v) is 7.40. The highest BCUT2D eigenvalue weighted by molar-refractivity contribution is 5.84. The van der Waals surface area contributed by atoms with Crippen LogP contribution < -0.4 is 0 Å². The molecule has 0 aromatic heterocycles. The third-order valence-corrected chi connectivity index (χ3v) is 4.26. The number of carbonyl (C=O) groups is 3. The second-order valence-corrected chi connectivity index (χ2v) is 5.63. The van der Waals surface area contributed by atoms with Crippen LogP contribution in [-0.2, 0) is 14.3 Å². The van der Waals surface area contributed by atoms with Crippen molar-refractivity contribution in [2.45, 2.75) is 38.1 Å². The molecule has 1 N–H and O–H groups in total. The molecule has 0 spiro atoms. The lowest BCUT2D eigenvalue weighted by Crippen LogP contribution is -2.55. The monoisotopic (exact) mass is 298 g/mol. The number of hydrogen-bond acceptors (Lipinski definition) is 4. The van der Waals surface area contributed by atoms with E-state index >= 15 is 0 Å². The Bertz CT molecular complexity index is 426. The average molecular weight is 298 g/mol. The summed E-state index contributed by atoms with van der Waals surface area (Å²) in [5.74, 6) is -1.77. The molecule has 0 saturated carbocycles. The molecule has 0 aromatic rings. The van der Waals surface area contributed by atoms with E-state index in [1.807, 2.05) is 0 Å². The van der Waals surface area contributed by atoms with E-state index < -0.39 is 23.9 Å². The van der Waals surface area contributed by atoms with Gasteiger partial charge in [0.25, 0.3) is 0 Å². The van der Waals surface area contributed by atoms with Crippen LogP contribution in [0.15, 0.2) is 0 Å². The fourth-order valence-corrected chi connectivity index (χ4v) is 3.08. The van der Waals surface area contributed by atoms with Gasteiger partial charge in [-0.1, -0.05) is 0 Å². The summed E-state index contributed by atoms with van der Waals surface area (Å²) in [6, 6.07) is -0.780. The van der Waals surface area contributed by atoms with Crippen molar-refractivity contribution in [1.29, 1.82) is 0 Å². The van der Waals surface area contributed by atoms with Gasteiger partial charge in [-0.15, -0.1) is 0 Å². The summed E-state index contributed by atoms with van der Waals surface area (Å²) in [7, 11) is 1.32. The molecule has 7 nitrogen and oxygen atoms in total. The van der Waals surface area contributed by atoms with Crippen LogP contribution in [0.4, 0.5) is 4.79 Å². The first-order valence-electron chi connectivity index (χ1n) is 7.40. The minimum absolute atomic E-state index is 0.221. The highest BCUT2D eigenvalue weighted by Crippen LogP contribution is 2.23. The van der Waals surface area contributed by atoms with Gasteiger partial charge in [0.05, 0.1) is 13.0 Å². The number of rotatable bonds is 2.